The first-order valence-electron chi connectivity index (χ1n) is 8.99. The second-order valence-corrected chi connectivity index (χ2v) is 8.19. The number of carbonyl (C=O) groups is 3. The van der Waals surface area contributed by atoms with Gasteiger partial charge in [-0.15, -0.1) is 0 Å². The highest BCUT2D eigenvalue weighted by Gasteiger charge is 2.77. The van der Waals surface area contributed by atoms with Gasteiger partial charge in [-0.1, -0.05) is 6.92 Å². The maximum absolute atomic E-state index is 13.2. The zero-order chi connectivity index (χ0) is 18.6. The lowest BCUT2D eigenvalue weighted by molar-refractivity contribution is -0.270. The van der Waals surface area contributed by atoms with Gasteiger partial charge in [0, 0.05) is 23.5 Å². The number of ether oxygens (including phenoxy) is 2. The molecule has 2 bridgehead atoms. The van der Waals surface area contributed by atoms with Gasteiger partial charge in [0.25, 0.3) is 0 Å². The van der Waals surface area contributed by atoms with Crippen LogP contribution in [-0.2, 0) is 26.3 Å². The second kappa shape index (κ2) is 4.55. The van der Waals surface area contributed by atoms with E-state index in [0.29, 0.717) is 18.4 Å². The van der Waals surface area contributed by atoms with Gasteiger partial charge in [-0.2, -0.15) is 0 Å². The Balaban J connectivity index is 1.90. The summed E-state index contributed by atoms with van der Waals surface area (Å²) in [5.74, 6) is -1.81. The Bertz CT molecular complexity index is 917. The number of hydrogen-bond donors (Lipinski definition) is 1. The molecule has 1 unspecified atom stereocenters. The average Bonchev–Trinajstić information content (AvgIpc) is 2.92. The minimum atomic E-state index is -1.46. The van der Waals surface area contributed by atoms with E-state index in [0.717, 1.165) is 11.1 Å². The molecular weight excluding hydrogens is 336 g/mol. The summed E-state index contributed by atoms with van der Waals surface area (Å²) >= 11 is 0. The Hall–Kier alpha value is -2.21. The Labute approximate surface area is 150 Å². The van der Waals surface area contributed by atoms with Crippen molar-refractivity contribution in [2.24, 2.45) is 17.3 Å². The van der Waals surface area contributed by atoms with E-state index in [1.165, 1.54) is 7.11 Å². The van der Waals surface area contributed by atoms with Gasteiger partial charge in [-0.25, -0.2) is 4.79 Å². The number of aryl methyl sites for hydroxylation is 1. The number of carbonyl (C=O) groups excluding carboxylic acids is 3. The van der Waals surface area contributed by atoms with E-state index in [1.807, 2.05) is 13.8 Å². The molecule has 6 heteroatoms. The Kier molecular flexibility index (Phi) is 2.80. The fourth-order valence-corrected chi connectivity index (χ4v) is 6.15. The van der Waals surface area contributed by atoms with Crippen LogP contribution < -0.4 is 0 Å². The van der Waals surface area contributed by atoms with Crippen LogP contribution in [-0.4, -0.2) is 36.0 Å². The number of ketones is 1. The van der Waals surface area contributed by atoms with E-state index in [2.05, 4.69) is 0 Å². The minimum absolute atomic E-state index is 0.133. The molecule has 0 amide bonds. The van der Waals surface area contributed by atoms with E-state index in [4.69, 9.17) is 9.47 Å². The lowest BCUT2D eigenvalue weighted by Gasteiger charge is -2.61. The molecule has 1 N–H and O–H groups in total. The molecule has 1 aromatic carbocycles. The molecule has 3 fully saturated rings. The largest absolute Gasteiger partial charge is 0.465 e. The van der Waals surface area contributed by atoms with Crippen LogP contribution in [0.1, 0.15) is 57.2 Å². The predicted octanol–water partition coefficient (Wildman–Crippen LogP) is 1.68. The molecule has 136 valence electrons. The quantitative estimate of drug-likeness (QED) is 0.770. The molecule has 2 saturated heterocycles. The van der Waals surface area contributed by atoms with Crippen LogP contribution >= 0.6 is 0 Å². The monoisotopic (exact) mass is 356 g/mol. The summed E-state index contributed by atoms with van der Waals surface area (Å²) in [7, 11) is 1.27. The molecule has 1 aromatic rings. The van der Waals surface area contributed by atoms with Gasteiger partial charge in [0.05, 0.1) is 12.7 Å². The predicted molar refractivity (Wildman–Crippen MR) is 88.7 cm³/mol. The lowest BCUT2D eigenvalue weighted by atomic mass is 9.47. The Morgan fingerprint density at radius 3 is 2.77 bits per heavy atom. The second-order valence-electron chi connectivity index (χ2n) is 8.19. The molecule has 2 aliphatic heterocycles. The summed E-state index contributed by atoms with van der Waals surface area (Å²) in [5, 5.41) is 12.0. The normalized spacial score (nSPS) is 38.8. The highest BCUT2D eigenvalue weighted by atomic mass is 16.6. The molecule has 2 heterocycles. The van der Waals surface area contributed by atoms with Gasteiger partial charge in [-0.05, 0) is 42.9 Å². The van der Waals surface area contributed by atoms with Crippen molar-refractivity contribution in [3.05, 3.63) is 33.9 Å². The van der Waals surface area contributed by atoms with Gasteiger partial charge in [-0.3, -0.25) is 9.59 Å². The van der Waals surface area contributed by atoms with Crippen molar-refractivity contribution < 1.29 is 29.0 Å². The molecule has 5 aliphatic rings. The fourth-order valence-electron chi connectivity index (χ4n) is 6.15. The van der Waals surface area contributed by atoms with E-state index < -0.39 is 23.0 Å². The third kappa shape index (κ3) is 1.41. The summed E-state index contributed by atoms with van der Waals surface area (Å²) < 4.78 is 10.5. The van der Waals surface area contributed by atoms with Crippen molar-refractivity contribution in [1.82, 2.24) is 0 Å². The molecule has 5 atom stereocenters. The third-order valence-electron chi connectivity index (χ3n) is 7.30. The van der Waals surface area contributed by atoms with Gasteiger partial charge in [0.1, 0.15) is 17.1 Å². The maximum Gasteiger partial charge on any atom is 0.338 e. The van der Waals surface area contributed by atoms with Crippen molar-refractivity contribution >= 4 is 17.7 Å². The minimum Gasteiger partial charge on any atom is -0.465 e. The molecule has 1 saturated carbocycles. The molecule has 6 rings (SSSR count). The summed E-state index contributed by atoms with van der Waals surface area (Å²) in [5.41, 5.74) is -0.125. The highest BCUT2D eigenvalue weighted by Crippen LogP contribution is 2.69. The Morgan fingerprint density at radius 2 is 2.12 bits per heavy atom. The van der Waals surface area contributed by atoms with E-state index in [9.17, 15) is 19.5 Å². The van der Waals surface area contributed by atoms with Crippen LogP contribution in [0.4, 0.5) is 0 Å². The van der Waals surface area contributed by atoms with Gasteiger partial charge in [0.15, 0.2) is 5.78 Å². The molecule has 26 heavy (non-hydrogen) atoms. The number of benzene rings is 1. The van der Waals surface area contributed by atoms with Gasteiger partial charge in [0.2, 0.25) is 0 Å². The Morgan fingerprint density at radius 1 is 1.38 bits per heavy atom. The van der Waals surface area contributed by atoms with Crippen LogP contribution in [0.25, 0.3) is 0 Å². The summed E-state index contributed by atoms with van der Waals surface area (Å²) in [6, 6.07) is 1.67. The summed E-state index contributed by atoms with van der Waals surface area (Å²) in [4.78, 5) is 38.3. The van der Waals surface area contributed by atoms with Crippen molar-refractivity contribution in [3.63, 3.8) is 0 Å². The van der Waals surface area contributed by atoms with Gasteiger partial charge < -0.3 is 14.6 Å². The molecule has 6 nitrogen and oxygen atoms in total. The molecular formula is C20H20O6. The smallest absolute Gasteiger partial charge is 0.338 e. The summed E-state index contributed by atoms with van der Waals surface area (Å²) in [6.07, 6.45) is 0.704. The first-order valence-corrected chi connectivity index (χ1v) is 8.99. The van der Waals surface area contributed by atoms with Gasteiger partial charge >= 0.3 is 11.9 Å². The van der Waals surface area contributed by atoms with Crippen LogP contribution in [0.2, 0.25) is 0 Å². The first-order chi connectivity index (χ1) is 12.3. The highest BCUT2D eigenvalue weighted by molar-refractivity contribution is 6.11. The molecule has 0 radical (unpaired) electrons. The van der Waals surface area contributed by atoms with Crippen LogP contribution in [0.3, 0.4) is 0 Å². The number of fused-ring (bicyclic) bond motifs is 2. The van der Waals surface area contributed by atoms with E-state index in [-0.39, 0.29) is 41.3 Å². The van der Waals surface area contributed by atoms with Crippen molar-refractivity contribution in [3.8, 4) is 0 Å². The summed E-state index contributed by atoms with van der Waals surface area (Å²) in [6.45, 7) is 3.78. The lowest BCUT2D eigenvalue weighted by Crippen LogP contribution is -2.71. The first kappa shape index (κ1) is 16.0. The van der Waals surface area contributed by atoms with Crippen LogP contribution in [0.15, 0.2) is 6.07 Å². The van der Waals surface area contributed by atoms with E-state index >= 15 is 0 Å². The molecule has 1 spiro atoms. The molecule has 0 aromatic heterocycles. The number of esters is 2. The standard InChI is InChI=1S/C20H20O6/c1-8-4-11(17(22)25-3)15-13(21)7-19-9(2)5-14(26-18(19)23)12-6-10(8)16(15)20(12,19)24/h4,9,12,14,24H,5-7H2,1-3H3/t9-,12-,14+,19?,20-/m1/s1. The zero-order valence-corrected chi connectivity index (χ0v) is 14.9. The van der Waals surface area contributed by atoms with Crippen molar-refractivity contribution in [2.45, 2.75) is 44.8 Å². The maximum atomic E-state index is 13.2. The SMILES string of the molecule is COC(=O)c1cc(C)c2c3c1C(=O)CC14C(=O)O[C@@H](C[C@H]1C)[C@@H](C2)[C@@]34O. The third-order valence-corrected chi connectivity index (χ3v) is 7.30. The molecule has 3 aliphatic carbocycles. The number of rotatable bonds is 1. The number of Topliss-reactive ketones (excluding diaryl/α,β-unsaturated/α-hetero) is 1. The average molecular weight is 356 g/mol. The number of hydrogen-bond acceptors (Lipinski definition) is 6. The number of methoxy groups -OCH3 is 1. The number of aliphatic hydroxyl groups is 1. The topological polar surface area (TPSA) is 89.9 Å². The van der Waals surface area contributed by atoms with Crippen LogP contribution in [0, 0.1) is 24.2 Å². The van der Waals surface area contributed by atoms with Crippen molar-refractivity contribution in [1.29, 1.82) is 0 Å². The van der Waals surface area contributed by atoms with Crippen LogP contribution in [0.5, 0.6) is 0 Å². The van der Waals surface area contributed by atoms with Crippen molar-refractivity contribution in [2.75, 3.05) is 7.11 Å². The zero-order valence-electron chi connectivity index (χ0n) is 14.9. The fraction of sp³-hybridized carbons (Fsp3) is 0.550. The van der Waals surface area contributed by atoms with E-state index in [1.54, 1.807) is 6.07 Å².